The second-order valence-corrected chi connectivity index (χ2v) is 6.02. The number of rotatable bonds is 3. The number of hydrogen-bond acceptors (Lipinski definition) is 3. The molecule has 1 fully saturated rings. The molecule has 3 nitrogen and oxygen atoms in total. The van der Waals surface area contributed by atoms with E-state index in [0.717, 1.165) is 23.8 Å². The van der Waals surface area contributed by atoms with Gasteiger partial charge in [-0.1, -0.05) is 18.2 Å². The van der Waals surface area contributed by atoms with Gasteiger partial charge in [-0.25, -0.2) is 0 Å². The van der Waals surface area contributed by atoms with Crippen LogP contribution in [0.15, 0.2) is 42.5 Å². The Bertz CT molecular complexity index is 811. The summed E-state index contributed by atoms with van der Waals surface area (Å²) < 4.78 is 45.6. The first kappa shape index (κ1) is 17.2. The summed E-state index contributed by atoms with van der Waals surface area (Å²) in [4.78, 5) is 1.74. The third-order valence-corrected chi connectivity index (χ3v) is 4.54. The highest BCUT2D eigenvalue weighted by atomic mass is 19.4. The Kier molecular flexibility index (Phi) is 4.58. The van der Waals surface area contributed by atoms with E-state index in [2.05, 4.69) is 0 Å². The van der Waals surface area contributed by atoms with E-state index in [9.17, 15) is 13.2 Å². The van der Waals surface area contributed by atoms with Crippen molar-refractivity contribution in [3.05, 3.63) is 59.2 Å². The van der Waals surface area contributed by atoms with Crippen molar-refractivity contribution in [2.75, 3.05) is 25.1 Å². The average Bonchev–Trinajstić information content (AvgIpc) is 3.10. The van der Waals surface area contributed by atoms with Crippen molar-refractivity contribution in [2.45, 2.75) is 18.5 Å². The summed E-state index contributed by atoms with van der Waals surface area (Å²) in [6.45, 7) is 1.01. The maximum atomic E-state index is 13.4. The van der Waals surface area contributed by atoms with Crippen LogP contribution in [-0.4, -0.2) is 20.2 Å². The molecule has 0 N–H and O–H groups in total. The van der Waals surface area contributed by atoms with Gasteiger partial charge >= 0.3 is 6.18 Å². The summed E-state index contributed by atoms with van der Waals surface area (Å²) in [5.41, 5.74) is 0.391. The molecule has 6 heteroatoms. The zero-order chi connectivity index (χ0) is 18.0. The highest BCUT2D eigenvalue weighted by Crippen LogP contribution is 2.41. The summed E-state index contributed by atoms with van der Waals surface area (Å²) in [5.74, 6) is 0.859. The molecule has 2 aromatic rings. The Balaban J connectivity index is 1.91. The van der Waals surface area contributed by atoms with E-state index in [1.165, 1.54) is 12.1 Å². The van der Waals surface area contributed by atoms with Gasteiger partial charge in [0, 0.05) is 24.7 Å². The van der Waals surface area contributed by atoms with E-state index in [-0.39, 0.29) is 17.2 Å². The number of halogens is 3. The van der Waals surface area contributed by atoms with Crippen LogP contribution in [0.25, 0.3) is 0 Å². The number of alkyl halides is 3. The molecule has 1 aliphatic heterocycles. The molecule has 0 saturated carbocycles. The first-order valence-corrected chi connectivity index (χ1v) is 7.93. The molecule has 130 valence electrons. The van der Waals surface area contributed by atoms with Gasteiger partial charge in [-0.2, -0.15) is 18.4 Å². The van der Waals surface area contributed by atoms with Crippen LogP contribution in [0.5, 0.6) is 5.75 Å². The van der Waals surface area contributed by atoms with Gasteiger partial charge < -0.3 is 9.64 Å². The Labute approximate surface area is 144 Å². The van der Waals surface area contributed by atoms with E-state index in [1.807, 2.05) is 24.3 Å². The van der Waals surface area contributed by atoms with Crippen LogP contribution in [0.3, 0.4) is 0 Å². The fraction of sp³-hybridized carbons (Fsp3) is 0.316. The van der Waals surface area contributed by atoms with E-state index < -0.39 is 11.7 Å². The predicted octanol–water partition coefficient (Wildman–Crippen LogP) is 4.58. The monoisotopic (exact) mass is 346 g/mol. The van der Waals surface area contributed by atoms with Crippen LogP contribution >= 0.6 is 0 Å². The minimum atomic E-state index is -4.50. The van der Waals surface area contributed by atoms with Crippen LogP contribution in [0.2, 0.25) is 0 Å². The van der Waals surface area contributed by atoms with Crippen molar-refractivity contribution >= 4 is 5.69 Å². The molecule has 2 aromatic carbocycles. The third-order valence-electron chi connectivity index (χ3n) is 4.54. The zero-order valence-corrected chi connectivity index (χ0v) is 13.7. The molecule has 0 bridgehead atoms. The van der Waals surface area contributed by atoms with Gasteiger partial charge in [-0.15, -0.1) is 0 Å². The van der Waals surface area contributed by atoms with Crippen LogP contribution in [0.1, 0.15) is 29.0 Å². The molecule has 25 heavy (non-hydrogen) atoms. The molecular weight excluding hydrogens is 329 g/mol. The van der Waals surface area contributed by atoms with E-state index in [0.29, 0.717) is 13.1 Å². The summed E-state index contributed by atoms with van der Waals surface area (Å²) in [7, 11) is 1.59. The maximum Gasteiger partial charge on any atom is 0.418 e. The zero-order valence-electron chi connectivity index (χ0n) is 13.7. The minimum absolute atomic E-state index is 0.0107. The Morgan fingerprint density at radius 1 is 1.20 bits per heavy atom. The SMILES string of the molecule is COc1ccccc1C1CCN(c2ccc(C#N)cc2C(F)(F)F)C1. The number of benzene rings is 2. The van der Waals surface area contributed by atoms with Crippen LogP contribution in [0.4, 0.5) is 18.9 Å². The van der Waals surface area contributed by atoms with Gasteiger partial charge in [0.1, 0.15) is 5.75 Å². The summed E-state index contributed by atoms with van der Waals surface area (Å²) in [5, 5.41) is 8.89. The molecule has 1 heterocycles. The van der Waals surface area contributed by atoms with Gasteiger partial charge in [0.25, 0.3) is 0 Å². The van der Waals surface area contributed by atoms with Gasteiger partial charge in [-0.3, -0.25) is 0 Å². The lowest BCUT2D eigenvalue weighted by Crippen LogP contribution is -2.23. The Morgan fingerprint density at radius 3 is 2.64 bits per heavy atom. The number of hydrogen-bond donors (Lipinski definition) is 0. The van der Waals surface area contributed by atoms with Crippen LogP contribution in [-0.2, 0) is 6.18 Å². The van der Waals surface area contributed by atoms with E-state index >= 15 is 0 Å². The van der Waals surface area contributed by atoms with Crippen molar-refractivity contribution in [1.29, 1.82) is 5.26 Å². The summed E-state index contributed by atoms with van der Waals surface area (Å²) in [6.07, 6.45) is -3.75. The second-order valence-electron chi connectivity index (χ2n) is 6.02. The van der Waals surface area contributed by atoms with Crippen LogP contribution in [0, 0.1) is 11.3 Å². The van der Waals surface area contributed by atoms with Crippen molar-refractivity contribution in [2.24, 2.45) is 0 Å². The lowest BCUT2D eigenvalue weighted by atomic mass is 9.97. The number of nitriles is 1. The van der Waals surface area contributed by atoms with Crippen molar-refractivity contribution in [1.82, 2.24) is 0 Å². The Hall–Kier alpha value is -2.68. The van der Waals surface area contributed by atoms with Gasteiger partial charge in [-0.05, 0) is 36.2 Å². The number of methoxy groups -OCH3 is 1. The number of nitrogens with zero attached hydrogens (tertiary/aromatic N) is 2. The lowest BCUT2D eigenvalue weighted by Gasteiger charge is -2.24. The third kappa shape index (κ3) is 3.41. The standard InChI is InChI=1S/C19H17F3N2O/c1-25-18-5-3-2-4-15(18)14-8-9-24(12-14)17-7-6-13(11-23)10-16(17)19(20,21)22/h2-7,10,14H,8-9,12H2,1H3. The quantitative estimate of drug-likeness (QED) is 0.816. The molecule has 1 saturated heterocycles. The predicted molar refractivity (Wildman–Crippen MR) is 88.7 cm³/mol. The average molecular weight is 346 g/mol. The molecule has 1 aliphatic rings. The lowest BCUT2D eigenvalue weighted by molar-refractivity contribution is -0.137. The normalized spacial score (nSPS) is 17.4. The summed E-state index contributed by atoms with van der Waals surface area (Å²) >= 11 is 0. The maximum absolute atomic E-state index is 13.4. The highest BCUT2D eigenvalue weighted by Gasteiger charge is 2.37. The van der Waals surface area contributed by atoms with Crippen molar-refractivity contribution in [3.8, 4) is 11.8 Å². The molecule has 0 aliphatic carbocycles. The molecule has 0 aromatic heterocycles. The minimum Gasteiger partial charge on any atom is -0.496 e. The fourth-order valence-corrected chi connectivity index (χ4v) is 3.35. The molecule has 1 unspecified atom stereocenters. The number of para-hydroxylation sites is 1. The van der Waals surface area contributed by atoms with Gasteiger partial charge in [0.05, 0.1) is 24.3 Å². The molecule has 0 spiro atoms. The molecular formula is C19H17F3N2O. The van der Waals surface area contributed by atoms with Crippen LogP contribution < -0.4 is 9.64 Å². The number of ether oxygens (including phenoxy) is 1. The topological polar surface area (TPSA) is 36.3 Å². The fourth-order valence-electron chi connectivity index (χ4n) is 3.35. The molecule has 0 radical (unpaired) electrons. The first-order chi connectivity index (χ1) is 11.9. The highest BCUT2D eigenvalue weighted by molar-refractivity contribution is 5.59. The molecule has 1 atom stereocenters. The molecule has 0 amide bonds. The van der Waals surface area contributed by atoms with Gasteiger partial charge in [0.15, 0.2) is 0 Å². The van der Waals surface area contributed by atoms with E-state index in [4.69, 9.17) is 10.00 Å². The van der Waals surface area contributed by atoms with Crippen molar-refractivity contribution in [3.63, 3.8) is 0 Å². The van der Waals surface area contributed by atoms with E-state index in [1.54, 1.807) is 18.1 Å². The second kappa shape index (κ2) is 6.67. The van der Waals surface area contributed by atoms with Gasteiger partial charge in [0.2, 0.25) is 0 Å². The smallest absolute Gasteiger partial charge is 0.418 e. The molecule has 3 rings (SSSR count). The number of anilines is 1. The Morgan fingerprint density at radius 2 is 1.96 bits per heavy atom. The largest absolute Gasteiger partial charge is 0.496 e. The summed E-state index contributed by atoms with van der Waals surface area (Å²) in [6, 6.07) is 13.1. The van der Waals surface area contributed by atoms with Crippen molar-refractivity contribution < 1.29 is 17.9 Å². The first-order valence-electron chi connectivity index (χ1n) is 7.93.